The molecule has 1 saturated heterocycles. The number of rotatable bonds is 5. The van der Waals surface area contributed by atoms with Crippen LogP contribution in [0.25, 0.3) is 0 Å². The van der Waals surface area contributed by atoms with E-state index in [0.717, 1.165) is 23.8 Å². The first-order chi connectivity index (χ1) is 16.9. The molecule has 5 nitrogen and oxygen atoms in total. The molecule has 0 radical (unpaired) electrons. The summed E-state index contributed by atoms with van der Waals surface area (Å²) in [7, 11) is -2.36. The van der Waals surface area contributed by atoms with Crippen LogP contribution < -0.4 is 4.72 Å². The zero-order valence-corrected chi connectivity index (χ0v) is 19.9. The Morgan fingerprint density at radius 1 is 1.06 bits per heavy atom. The normalized spacial score (nSPS) is 19.6. The lowest BCUT2D eigenvalue weighted by molar-refractivity contribution is -0.137. The van der Waals surface area contributed by atoms with Gasteiger partial charge in [-0.15, -0.1) is 0 Å². The lowest BCUT2D eigenvalue weighted by atomic mass is 9.79. The van der Waals surface area contributed by atoms with Crippen molar-refractivity contribution in [3.05, 3.63) is 88.4 Å². The van der Waals surface area contributed by atoms with Crippen LogP contribution in [0, 0.1) is 5.95 Å². The summed E-state index contributed by atoms with van der Waals surface area (Å²) < 4.78 is 97.2. The average Bonchev–Trinajstić information content (AvgIpc) is 3.20. The van der Waals surface area contributed by atoms with E-state index in [1.165, 1.54) is 30.3 Å². The van der Waals surface area contributed by atoms with Crippen molar-refractivity contribution in [2.24, 2.45) is 0 Å². The minimum absolute atomic E-state index is 0.00213. The van der Waals surface area contributed by atoms with Gasteiger partial charge in [0.25, 0.3) is 10.0 Å². The Hall–Kier alpha value is -3.05. The quantitative estimate of drug-likeness (QED) is 0.368. The molecule has 0 amide bonds. The van der Waals surface area contributed by atoms with Crippen molar-refractivity contribution in [2.45, 2.75) is 35.5 Å². The van der Waals surface area contributed by atoms with Crippen LogP contribution in [0.5, 0.6) is 0 Å². The summed E-state index contributed by atoms with van der Waals surface area (Å²) in [5, 5.41) is 0. The number of sulfonamides is 1. The first-order valence-electron chi connectivity index (χ1n) is 11.2. The number of pyridine rings is 1. The van der Waals surface area contributed by atoms with E-state index in [-0.39, 0.29) is 35.3 Å². The number of hydrogen-bond donors (Lipinski definition) is 1. The maximum atomic E-state index is 15.7. The van der Waals surface area contributed by atoms with Crippen molar-refractivity contribution in [3.63, 3.8) is 0 Å². The fourth-order valence-electron chi connectivity index (χ4n) is 5.15. The van der Waals surface area contributed by atoms with Crippen molar-refractivity contribution in [3.8, 4) is 0 Å². The van der Waals surface area contributed by atoms with Crippen LogP contribution in [-0.4, -0.2) is 38.4 Å². The zero-order valence-electron chi connectivity index (χ0n) is 19.1. The summed E-state index contributed by atoms with van der Waals surface area (Å²) in [6.07, 6.45) is -3.62. The van der Waals surface area contributed by atoms with Crippen molar-refractivity contribution in [1.29, 1.82) is 0 Å². The zero-order chi connectivity index (χ0) is 25.9. The second kappa shape index (κ2) is 8.52. The van der Waals surface area contributed by atoms with E-state index in [1.54, 1.807) is 18.0 Å². The Bertz CT molecular complexity index is 1440. The molecule has 1 aromatic heterocycles. The van der Waals surface area contributed by atoms with Crippen molar-refractivity contribution in [1.82, 2.24) is 9.88 Å². The number of benzene rings is 2. The molecule has 2 aliphatic rings. The Kier molecular flexibility index (Phi) is 5.83. The van der Waals surface area contributed by atoms with Crippen molar-refractivity contribution >= 4 is 15.8 Å². The van der Waals surface area contributed by atoms with Gasteiger partial charge < -0.3 is 0 Å². The van der Waals surface area contributed by atoms with Crippen LogP contribution in [0.15, 0.2) is 59.5 Å². The van der Waals surface area contributed by atoms with Gasteiger partial charge in [-0.3, -0.25) is 9.62 Å². The molecule has 1 unspecified atom stereocenters. The minimum Gasteiger partial charge on any atom is -0.299 e. The first-order valence-corrected chi connectivity index (χ1v) is 12.7. The fourth-order valence-corrected chi connectivity index (χ4v) is 6.20. The molecule has 190 valence electrons. The number of nitrogens with zero attached hydrogens (tertiary/aromatic N) is 2. The Labute approximate surface area is 205 Å². The third-order valence-corrected chi connectivity index (χ3v) is 8.09. The second-order valence-electron chi connectivity index (χ2n) is 9.34. The number of likely N-dealkylation sites (N-methyl/N-ethyl adjacent to an activating group) is 1. The number of nitrogens with one attached hydrogen (secondary N) is 1. The highest BCUT2D eigenvalue weighted by molar-refractivity contribution is 7.92. The van der Waals surface area contributed by atoms with Gasteiger partial charge >= 0.3 is 6.18 Å². The smallest absolute Gasteiger partial charge is 0.299 e. The molecule has 1 aliphatic carbocycles. The van der Waals surface area contributed by atoms with Crippen LogP contribution in [-0.2, 0) is 28.3 Å². The molecule has 0 spiro atoms. The number of halogens is 5. The van der Waals surface area contributed by atoms with E-state index >= 15 is 4.39 Å². The van der Waals surface area contributed by atoms with Gasteiger partial charge in [0.05, 0.1) is 10.5 Å². The summed E-state index contributed by atoms with van der Waals surface area (Å²) in [4.78, 5) is 5.15. The SMILES string of the molecule is CN1CC(F)(c2cc(C(F)(F)F)ccc2C2CCc3cc(S(=O)(=O)Nc4cccc(F)n4)ccc32)C1. The van der Waals surface area contributed by atoms with E-state index in [1.807, 2.05) is 0 Å². The molecule has 2 heterocycles. The maximum absolute atomic E-state index is 15.7. The summed E-state index contributed by atoms with van der Waals surface area (Å²) in [6.45, 7) is -0.00426. The molecule has 5 rings (SSSR count). The van der Waals surface area contributed by atoms with E-state index in [4.69, 9.17) is 0 Å². The largest absolute Gasteiger partial charge is 0.416 e. The number of fused-ring (bicyclic) bond motifs is 1. The van der Waals surface area contributed by atoms with Gasteiger partial charge in [-0.05, 0) is 78.5 Å². The van der Waals surface area contributed by atoms with Gasteiger partial charge in [-0.2, -0.15) is 17.6 Å². The number of hydrogen-bond acceptors (Lipinski definition) is 4. The minimum atomic E-state index is -4.60. The highest BCUT2D eigenvalue weighted by Gasteiger charge is 2.47. The van der Waals surface area contributed by atoms with Crippen LogP contribution in [0.3, 0.4) is 0 Å². The molecule has 1 aliphatic heterocycles. The van der Waals surface area contributed by atoms with Crippen LogP contribution >= 0.6 is 0 Å². The summed E-state index contributed by atoms with van der Waals surface area (Å²) in [6, 6.07) is 11.4. The third-order valence-electron chi connectivity index (χ3n) is 6.74. The predicted octanol–water partition coefficient (Wildman–Crippen LogP) is 5.23. The molecule has 36 heavy (non-hydrogen) atoms. The molecule has 2 aromatic carbocycles. The van der Waals surface area contributed by atoms with Crippen molar-refractivity contribution < 1.29 is 30.4 Å². The topological polar surface area (TPSA) is 62.3 Å². The van der Waals surface area contributed by atoms with E-state index in [9.17, 15) is 26.0 Å². The maximum Gasteiger partial charge on any atom is 0.416 e. The average molecular weight is 524 g/mol. The Morgan fingerprint density at radius 3 is 2.44 bits per heavy atom. The molecular formula is C25H22F5N3O2S. The van der Waals surface area contributed by atoms with Gasteiger partial charge in [0, 0.05) is 19.0 Å². The number of likely N-dealkylation sites (tertiary alicyclic amines) is 1. The van der Waals surface area contributed by atoms with Crippen LogP contribution in [0.2, 0.25) is 0 Å². The molecule has 0 bridgehead atoms. The highest BCUT2D eigenvalue weighted by atomic mass is 32.2. The number of alkyl halides is 4. The molecule has 3 aromatic rings. The number of aromatic nitrogens is 1. The Balaban J connectivity index is 1.49. The van der Waals surface area contributed by atoms with E-state index in [2.05, 4.69) is 9.71 Å². The second-order valence-corrected chi connectivity index (χ2v) is 11.0. The number of anilines is 1. The van der Waals surface area contributed by atoms with Gasteiger partial charge in [-0.1, -0.05) is 18.2 Å². The monoisotopic (exact) mass is 523 g/mol. The lowest BCUT2D eigenvalue weighted by Crippen LogP contribution is -2.55. The summed E-state index contributed by atoms with van der Waals surface area (Å²) in [5.41, 5.74) is -0.822. The van der Waals surface area contributed by atoms with E-state index in [0.29, 0.717) is 24.0 Å². The molecule has 1 atom stereocenters. The lowest BCUT2D eigenvalue weighted by Gasteiger charge is -2.44. The van der Waals surface area contributed by atoms with Gasteiger partial charge in [0.2, 0.25) is 5.95 Å². The van der Waals surface area contributed by atoms with Crippen LogP contribution in [0.1, 0.15) is 40.2 Å². The molecular weight excluding hydrogens is 501 g/mol. The van der Waals surface area contributed by atoms with Gasteiger partial charge in [0.1, 0.15) is 5.82 Å². The number of aryl methyl sites for hydroxylation is 1. The van der Waals surface area contributed by atoms with E-state index < -0.39 is 33.4 Å². The first kappa shape index (κ1) is 24.6. The molecule has 1 N–H and O–H groups in total. The summed E-state index contributed by atoms with van der Waals surface area (Å²) >= 11 is 0. The summed E-state index contributed by atoms with van der Waals surface area (Å²) in [5.74, 6) is -1.37. The third kappa shape index (κ3) is 4.45. The predicted molar refractivity (Wildman–Crippen MR) is 123 cm³/mol. The van der Waals surface area contributed by atoms with Gasteiger partial charge in [0.15, 0.2) is 5.67 Å². The van der Waals surface area contributed by atoms with Crippen LogP contribution in [0.4, 0.5) is 27.8 Å². The fraction of sp³-hybridized carbons (Fsp3) is 0.320. The van der Waals surface area contributed by atoms with Crippen molar-refractivity contribution in [2.75, 3.05) is 24.9 Å². The Morgan fingerprint density at radius 2 is 1.78 bits per heavy atom. The molecule has 1 fully saturated rings. The standard InChI is InChI=1S/C25H22F5N3O2S/c1-33-13-24(27,14-33)21-12-16(25(28,29)30)6-9-20(21)19-8-5-15-11-17(7-10-18(15)19)36(34,35)32-23-4-2-3-22(26)31-23/h2-4,6-7,9-12,19H,5,8,13-14H2,1H3,(H,31,32). The molecule has 0 saturated carbocycles. The van der Waals surface area contributed by atoms with Gasteiger partial charge in [-0.25, -0.2) is 17.8 Å². The highest BCUT2D eigenvalue weighted by Crippen LogP contribution is 2.47. The molecule has 11 heteroatoms.